The van der Waals surface area contributed by atoms with Gasteiger partial charge in [-0.05, 0) is 49.3 Å². The van der Waals surface area contributed by atoms with Gasteiger partial charge in [0.25, 0.3) is 5.91 Å². The van der Waals surface area contributed by atoms with Gasteiger partial charge in [-0.15, -0.1) is 0 Å². The summed E-state index contributed by atoms with van der Waals surface area (Å²) in [5, 5.41) is 3.04. The van der Waals surface area contributed by atoms with Gasteiger partial charge < -0.3 is 15.0 Å². The SMILES string of the molecule is CC[C@@H](C)NC(=O)[C@@H](CC)N(Cc1ccc(C)cc1)C(=O)COc1ccccc1C(C)(C)C. The molecule has 2 amide bonds. The zero-order valence-corrected chi connectivity index (χ0v) is 21.3. The van der Waals surface area contributed by atoms with E-state index in [1.54, 1.807) is 4.90 Å². The third-order valence-electron chi connectivity index (χ3n) is 5.91. The van der Waals surface area contributed by atoms with Crippen LogP contribution < -0.4 is 10.1 Å². The van der Waals surface area contributed by atoms with E-state index in [2.05, 4.69) is 26.1 Å². The third kappa shape index (κ3) is 7.62. The van der Waals surface area contributed by atoms with E-state index in [4.69, 9.17) is 4.74 Å². The van der Waals surface area contributed by atoms with Crippen molar-refractivity contribution < 1.29 is 14.3 Å². The van der Waals surface area contributed by atoms with Gasteiger partial charge in [0, 0.05) is 12.6 Å². The van der Waals surface area contributed by atoms with Crippen molar-refractivity contribution in [2.45, 2.75) is 85.4 Å². The molecule has 0 fully saturated rings. The average Bonchev–Trinajstić information content (AvgIpc) is 2.78. The van der Waals surface area contributed by atoms with E-state index < -0.39 is 6.04 Å². The maximum Gasteiger partial charge on any atom is 0.261 e. The summed E-state index contributed by atoms with van der Waals surface area (Å²) in [6.07, 6.45) is 1.36. The Labute approximate surface area is 199 Å². The molecule has 0 saturated carbocycles. The minimum atomic E-state index is -0.561. The average molecular weight is 453 g/mol. The Kier molecular flexibility index (Phi) is 9.51. The monoisotopic (exact) mass is 452 g/mol. The van der Waals surface area contributed by atoms with Gasteiger partial charge in [-0.2, -0.15) is 0 Å². The molecule has 33 heavy (non-hydrogen) atoms. The number of nitrogens with zero attached hydrogens (tertiary/aromatic N) is 1. The lowest BCUT2D eigenvalue weighted by Crippen LogP contribution is -2.51. The van der Waals surface area contributed by atoms with Crippen LogP contribution in [-0.2, 0) is 21.5 Å². The van der Waals surface area contributed by atoms with Crippen molar-refractivity contribution in [1.29, 1.82) is 0 Å². The summed E-state index contributed by atoms with van der Waals surface area (Å²) in [6.45, 7) is 14.6. The molecule has 5 nitrogen and oxygen atoms in total. The summed E-state index contributed by atoms with van der Waals surface area (Å²) in [5.41, 5.74) is 3.08. The molecule has 0 aliphatic rings. The van der Waals surface area contributed by atoms with E-state index >= 15 is 0 Å². The molecule has 0 saturated heterocycles. The van der Waals surface area contributed by atoms with Gasteiger partial charge in [0.2, 0.25) is 5.91 Å². The van der Waals surface area contributed by atoms with Crippen molar-refractivity contribution in [3.05, 3.63) is 65.2 Å². The predicted octanol–water partition coefficient (Wildman–Crippen LogP) is 5.39. The molecule has 2 aromatic rings. The molecule has 1 N–H and O–H groups in total. The largest absolute Gasteiger partial charge is 0.483 e. The van der Waals surface area contributed by atoms with Crippen molar-refractivity contribution >= 4 is 11.8 Å². The summed E-state index contributed by atoms with van der Waals surface area (Å²) in [5.74, 6) is 0.374. The first kappa shape index (κ1) is 26.4. The van der Waals surface area contributed by atoms with Crippen LogP contribution in [0, 0.1) is 6.92 Å². The molecule has 0 heterocycles. The molecular formula is C28H40N2O3. The van der Waals surface area contributed by atoms with Gasteiger partial charge in [-0.3, -0.25) is 9.59 Å². The molecule has 0 radical (unpaired) electrons. The van der Waals surface area contributed by atoms with Crippen molar-refractivity contribution in [3.8, 4) is 5.75 Å². The number of para-hydroxylation sites is 1. The minimum Gasteiger partial charge on any atom is -0.483 e. The normalized spacial score (nSPS) is 13.2. The van der Waals surface area contributed by atoms with Crippen LogP contribution in [0.3, 0.4) is 0 Å². The second kappa shape index (κ2) is 11.9. The van der Waals surface area contributed by atoms with Gasteiger partial charge in [-0.25, -0.2) is 0 Å². The Bertz CT molecular complexity index is 915. The van der Waals surface area contributed by atoms with Gasteiger partial charge in [-0.1, -0.05) is 82.6 Å². The topological polar surface area (TPSA) is 58.6 Å². The Balaban J connectivity index is 2.27. The molecule has 0 spiro atoms. The fraction of sp³-hybridized carbons (Fsp3) is 0.500. The number of nitrogens with one attached hydrogen (secondary N) is 1. The molecule has 0 aliphatic heterocycles. The number of carbonyl (C=O) groups excluding carboxylic acids is 2. The van der Waals surface area contributed by atoms with Crippen molar-refractivity contribution in [1.82, 2.24) is 10.2 Å². The molecule has 0 unspecified atom stereocenters. The van der Waals surface area contributed by atoms with E-state index in [1.807, 2.05) is 76.2 Å². The first-order valence-electron chi connectivity index (χ1n) is 11.9. The van der Waals surface area contributed by atoms with Gasteiger partial charge in [0.15, 0.2) is 6.61 Å². The fourth-order valence-electron chi connectivity index (χ4n) is 3.69. The number of carbonyl (C=O) groups is 2. The van der Waals surface area contributed by atoms with Crippen molar-refractivity contribution in [2.75, 3.05) is 6.61 Å². The molecule has 2 aromatic carbocycles. The predicted molar refractivity (Wildman–Crippen MR) is 134 cm³/mol. The van der Waals surface area contributed by atoms with Crippen molar-refractivity contribution in [2.24, 2.45) is 0 Å². The number of hydrogen-bond acceptors (Lipinski definition) is 3. The molecule has 180 valence electrons. The molecular weight excluding hydrogens is 412 g/mol. The van der Waals surface area contributed by atoms with Crippen LogP contribution >= 0.6 is 0 Å². The van der Waals surface area contributed by atoms with Crippen LogP contribution in [0.1, 0.15) is 71.1 Å². The highest BCUT2D eigenvalue weighted by Gasteiger charge is 2.30. The van der Waals surface area contributed by atoms with Crippen LogP contribution in [-0.4, -0.2) is 35.4 Å². The molecule has 2 atom stereocenters. The molecule has 5 heteroatoms. The molecule has 2 rings (SSSR count). The van der Waals surface area contributed by atoms with Crippen LogP contribution in [0.25, 0.3) is 0 Å². The number of hydrogen-bond donors (Lipinski definition) is 1. The highest BCUT2D eigenvalue weighted by atomic mass is 16.5. The maximum atomic E-state index is 13.4. The van der Waals surface area contributed by atoms with Crippen LogP contribution in [0.15, 0.2) is 48.5 Å². The zero-order valence-electron chi connectivity index (χ0n) is 21.3. The third-order valence-corrected chi connectivity index (χ3v) is 5.91. The number of benzene rings is 2. The summed E-state index contributed by atoms with van der Waals surface area (Å²) in [7, 11) is 0. The highest BCUT2D eigenvalue weighted by molar-refractivity contribution is 5.88. The van der Waals surface area contributed by atoms with Gasteiger partial charge in [0.1, 0.15) is 11.8 Å². The van der Waals surface area contributed by atoms with E-state index in [0.29, 0.717) is 18.7 Å². The molecule has 0 aromatic heterocycles. The Morgan fingerprint density at radius 2 is 1.64 bits per heavy atom. The quantitative estimate of drug-likeness (QED) is 0.526. The van der Waals surface area contributed by atoms with Crippen molar-refractivity contribution in [3.63, 3.8) is 0 Å². The Hall–Kier alpha value is -2.82. The molecule has 0 bridgehead atoms. The summed E-state index contributed by atoms with van der Waals surface area (Å²) >= 11 is 0. The van der Waals surface area contributed by atoms with E-state index in [9.17, 15) is 9.59 Å². The first-order chi connectivity index (χ1) is 15.6. The Morgan fingerprint density at radius 1 is 1.00 bits per heavy atom. The number of aryl methyl sites for hydroxylation is 1. The minimum absolute atomic E-state index is 0.0535. The standard InChI is InChI=1S/C28H40N2O3/c1-8-21(4)29-27(32)24(9-2)30(18-22-16-14-20(3)15-17-22)26(31)19-33-25-13-11-10-12-23(25)28(5,6)7/h10-17,21,24H,8-9,18-19H2,1-7H3,(H,29,32)/t21-,24-/m1/s1. The number of ether oxygens (including phenoxy) is 1. The zero-order chi connectivity index (χ0) is 24.6. The van der Waals surface area contributed by atoms with Gasteiger partial charge in [0.05, 0.1) is 0 Å². The summed E-state index contributed by atoms with van der Waals surface area (Å²) < 4.78 is 6.02. The number of rotatable bonds is 10. The van der Waals surface area contributed by atoms with E-state index in [0.717, 1.165) is 23.1 Å². The summed E-state index contributed by atoms with van der Waals surface area (Å²) in [6, 6.07) is 15.4. The van der Waals surface area contributed by atoms with Gasteiger partial charge >= 0.3 is 0 Å². The lowest BCUT2D eigenvalue weighted by atomic mass is 9.86. The van der Waals surface area contributed by atoms with E-state index in [1.165, 1.54) is 0 Å². The van der Waals surface area contributed by atoms with Crippen LogP contribution in [0.2, 0.25) is 0 Å². The van der Waals surface area contributed by atoms with E-state index in [-0.39, 0.29) is 29.9 Å². The second-order valence-electron chi connectivity index (χ2n) is 9.78. The number of amides is 2. The maximum absolute atomic E-state index is 13.4. The Morgan fingerprint density at radius 3 is 2.21 bits per heavy atom. The second-order valence-corrected chi connectivity index (χ2v) is 9.78. The van der Waals surface area contributed by atoms with Crippen LogP contribution in [0.5, 0.6) is 5.75 Å². The smallest absolute Gasteiger partial charge is 0.261 e. The lowest BCUT2D eigenvalue weighted by Gasteiger charge is -2.31. The first-order valence-corrected chi connectivity index (χ1v) is 11.9. The fourth-order valence-corrected chi connectivity index (χ4v) is 3.69. The molecule has 0 aliphatic carbocycles. The lowest BCUT2D eigenvalue weighted by molar-refractivity contribution is -0.143. The summed E-state index contributed by atoms with van der Waals surface area (Å²) in [4.78, 5) is 28.1. The van der Waals surface area contributed by atoms with Crippen LogP contribution in [0.4, 0.5) is 0 Å². The highest BCUT2D eigenvalue weighted by Crippen LogP contribution is 2.31.